The third-order valence-electron chi connectivity index (χ3n) is 5.38. The monoisotopic (exact) mass is 382 g/mol. The highest BCUT2D eigenvalue weighted by Gasteiger charge is 2.44. The van der Waals surface area contributed by atoms with Crippen molar-refractivity contribution in [1.82, 2.24) is 9.80 Å². The number of imide groups is 2. The minimum Gasteiger partial charge on any atom is -0.292 e. The van der Waals surface area contributed by atoms with E-state index in [1.807, 2.05) is 12.1 Å². The number of urea groups is 1. The smallest absolute Gasteiger partial charge is 0.292 e. The van der Waals surface area contributed by atoms with Gasteiger partial charge in [-0.25, -0.2) is 9.69 Å². The van der Waals surface area contributed by atoms with Crippen LogP contribution in [-0.2, 0) is 9.59 Å². The summed E-state index contributed by atoms with van der Waals surface area (Å²) in [5.41, 5.74) is 2.74. The van der Waals surface area contributed by atoms with Crippen LogP contribution >= 0.6 is 0 Å². The maximum absolute atomic E-state index is 12.5. The first-order chi connectivity index (χ1) is 13.4. The van der Waals surface area contributed by atoms with E-state index in [1.165, 1.54) is 5.57 Å². The zero-order valence-corrected chi connectivity index (χ0v) is 16.4. The van der Waals surface area contributed by atoms with Gasteiger partial charge in [0.25, 0.3) is 0 Å². The van der Waals surface area contributed by atoms with Gasteiger partial charge in [-0.15, -0.1) is 0 Å². The number of carbonyl (C=O) groups is 4. The molecule has 28 heavy (non-hydrogen) atoms. The molecule has 0 spiro atoms. The number of Topliss-reactive ketones (excluding diaryl/α,β-unsaturated/α-hetero) is 1. The lowest BCUT2D eigenvalue weighted by Crippen LogP contribution is -2.37. The van der Waals surface area contributed by atoms with Gasteiger partial charge in [0.2, 0.25) is 0 Å². The van der Waals surface area contributed by atoms with E-state index in [9.17, 15) is 19.2 Å². The van der Waals surface area contributed by atoms with Crippen molar-refractivity contribution in [2.24, 2.45) is 0 Å². The number of hydrogen-bond acceptors (Lipinski definition) is 4. The molecule has 6 nitrogen and oxygen atoms in total. The molecular formula is C22H26N2O4. The summed E-state index contributed by atoms with van der Waals surface area (Å²) in [4.78, 5) is 51.2. The molecular weight excluding hydrogens is 356 g/mol. The molecule has 6 heteroatoms. The van der Waals surface area contributed by atoms with Crippen LogP contribution in [0.5, 0.6) is 0 Å². The summed E-state index contributed by atoms with van der Waals surface area (Å²) in [5.74, 6) is -1.78. The van der Waals surface area contributed by atoms with Gasteiger partial charge in [-0.3, -0.25) is 19.3 Å². The molecule has 1 fully saturated rings. The van der Waals surface area contributed by atoms with E-state index in [-0.39, 0.29) is 12.3 Å². The second-order valence-electron chi connectivity index (χ2n) is 7.69. The molecule has 0 atom stereocenters. The molecule has 0 bridgehead atoms. The molecule has 4 amide bonds. The lowest BCUT2D eigenvalue weighted by Gasteiger charge is -2.17. The standard InChI is InChI=1S/C22H26N2O4/c1-15(2)17-8-10-18(11-9-17)19(25)14-24-21(27)20(26)23(22(24)28)13-12-16-6-4-3-5-7-16/h6,8-11,15H,3-5,7,12-14H2,1-2H3. The number of hydrogen-bond donors (Lipinski definition) is 0. The van der Waals surface area contributed by atoms with Gasteiger partial charge in [0.1, 0.15) is 0 Å². The lowest BCUT2D eigenvalue weighted by atomic mass is 9.97. The summed E-state index contributed by atoms with van der Waals surface area (Å²) in [6.45, 7) is 3.89. The molecule has 3 rings (SSSR count). The van der Waals surface area contributed by atoms with E-state index in [0.717, 1.165) is 41.0 Å². The van der Waals surface area contributed by atoms with Crippen molar-refractivity contribution in [3.8, 4) is 0 Å². The van der Waals surface area contributed by atoms with Gasteiger partial charge in [0.15, 0.2) is 5.78 Å². The Balaban J connectivity index is 1.64. The molecule has 0 unspecified atom stereocenters. The van der Waals surface area contributed by atoms with Crippen molar-refractivity contribution >= 4 is 23.6 Å². The molecule has 1 aromatic carbocycles. The Morgan fingerprint density at radius 2 is 1.68 bits per heavy atom. The Bertz CT molecular complexity index is 823. The molecule has 0 aromatic heterocycles. The highest BCUT2D eigenvalue weighted by Crippen LogP contribution is 2.22. The van der Waals surface area contributed by atoms with Crippen LogP contribution in [0.25, 0.3) is 0 Å². The topological polar surface area (TPSA) is 74.8 Å². The molecule has 0 radical (unpaired) electrons. The molecule has 1 saturated heterocycles. The Labute approximate surface area is 165 Å². The van der Waals surface area contributed by atoms with Crippen LogP contribution in [0, 0.1) is 0 Å². The summed E-state index contributed by atoms with van der Waals surface area (Å²) in [6, 6.07) is 6.41. The van der Waals surface area contributed by atoms with E-state index >= 15 is 0 Å². The van der Waals surface area contributed by atoms with Gasteiger partial charge in [-0.2, -0.15) is 0 Å². The Kier molecular flexibility index (Phi) is 6.07. The largest absolute Gasteiger partial charge is 0.334 e. The molecule has 0 N–H and O–H groups in total. The van der Waals surface area contributed by atoms with E-state index in [0.29, 0.717) is 17.9 Å². The van der Waals surface area contributed by atoms with Crippen LogP contribution in [0.15, 0.2) is 35.9 Å². The van der Waals surface area contributed by atoms with E-state index in [2.05, 4.69) is 19.9 Å². The first-order valence-corrected chi connectivity index (χ1v) is 9.87. The third-order valence-corrected chi connectivity index (χ3v) is 5.38. The fourth-order valence-electron chi connectivity index (χ4n) is 3.56. The molecule has 1 aliphatic carbocycles. The number of ketones is 1. The second kappa shape index (κ2) is 8.50. The maximum Gasteiger partial charge on any atom is 0.334 e. The molecule has 1 heterocycles. The van der Waals surface area contributed by atoms with Crippen molar-refractivity contribution in [3.63, 3.8) is 0 Å². The molecule has 2 aliphatic rings. The Morgan fingerprint density at radius 3 is 2.29 bits per heavy atom. The van der Waals surface area contributed by atoms with Gasteiger partial charge in [-0.1, -0.05) is 49.8 Å². The minimum absolute atomic E-state index is 0.184. The predicted octanol–water partition coefficient (Wildman–Crippen LogP) is 3.67. The van der Waals surface area contributed by atoms with Gasteiger partial charge < -0.3 is 0 Å². The third kappa shape index (κ3) is 4.21. The van der Waals surface area contributed by atoms with Gasteiger partial charge in [0.05, 0.1) is 6.54 Å². The average Bonchev–Trinajstić information content (AvgIpc) is 2.90. The zero-order chi connectivity index (χ0) is 20.3. The first-order valence-electron chi connectivity index (χ1n) is 9.87. The molecule has 0 saturated carbocycles. The van der Waals surface area contributed by atoms with Gasteiger partial charge in [0, 0.05) is 12.1 Å². The number of allylic oxidation sites excluding steroid dienone is 1. The van der Waals surface area contributed by atoms with Crippen LogP contribution < -0.4 is 0 Å². The van der Waals surface area contributed by atoms with Gasteiger partial charge in [-0.05, 0) is 43.6 Å². The van der Waals surface area contributed by atoms with Crippen LogP contribution in [0.2, 0.25) is 0 Å². The zero-order valence-electron chi connectivity index (χ0n) is 16.4. The second-order valence-corrected chi connectivity index (χ2v) is 7.69. The number of rotatable bonds is 7. The molecule has 1 aliphatic heterocycles. The van der Waals surface area contributed by atoms with Crippen molar-refractivity contribution in [2.45, 2.75) is 51.9 Å². The highest BCUT2D eigenvalue weighted by molar-refractivity contribution is 6.45. The normalized spacial score (nSPS) is 17.5. The van der Waals surface area contributed by atoms with Gasteiger partial charge >= 0.3 is 17.8 Å². The van der Waals surface area contributed by atoms with E-state index in [1.54, 1.807) is 12.1 Å². The summed E-state index contributed by atoms with van der Waals surface area (Å²) in [5, 5.41) is 0. The van der Waals surface area contributed by atoms with Crippen molar-refractivity contribution in [2.75, 3.05) is 13.1 Å². The average molecular weight is 382 g/mol. The SMILES string of the molecule is CC(C)c1ccc(C(=O)CN2C(=O)C(=O)N(CCC3=CCCCC3)C2=O)cc1. The highest BCUT2D eigenvalue weighted by atomic mass is 16.2. The van der Waals surface area contributed by atoms with Crippen molar-refractivity contribution < 1.29 is 19.2 Å². The summed E-state index contributed by atoms with van der Waals surface area (Å²) in [6.07, 6.45) is 7.01. The Hall–Kier alpha value is -2.76. The van der Waals surface area contributed by atoms with Crippen molar-refractivity contribution in [3.05, 3.63) is 47.0 Å². The molecule has 148 valence electrons. The van der Waals surface area contributed by atoms with Crippen LogP contribution in [0.4, 0.5) is 4.79 Å². The Morgan fingerprint density at radius 1 is 1.00 bits per heavy atom. The van der Waals surface area contributed by atoms with E-state index in [4.69, 9.17) is 0 Å². The minimum atomic E-state index is -0.922. The van der Waals surface area contributed by atoms with Crippen molar-refractivity contribution in [1.29, 1.82) is 0 Å². The number of carbonyl (C=O) groups excluding carboxylic acids is 4. The fourth-order valence-corrected chi connectivity index (χ4v) is 3.56. The lowest BCUT2D eigenvalue weighted by molar-refractivity contribution is -0.143. The van der Waals surface area contributed by atoms with Crippen LogP contribution in [0.1, 0.15) is 67.8 Å². The predicted molar refractivity (Wildman–Crippen MR) is 105 cm³/mol. The van der Waals surface area contributed by atoms with Crippen LogP contribution in [-0.4, -0.2) is 46.5 Å². The number of benzene rings is 1. The number of amides is 4. The summed E-state index contributed by atoms with van der Waals surface area (Å²) in [7, 11) is 0. The molecule has 1 aromatic rings. The van der Waals surface area contributed by atoms with E-state index < -0.39 is 24.4 Å². The first kappa shape index (κ1) is 20.0. The summed E-state index contributed by atoms with van der Waals surface area (Å²) < 4.78 is 0. The maximum atomic E-state index is 12.5. The summed E-state index contributed by atoms with van der Waals surface area (Å²) >= 11 is 0. The van der Waals surface area contributed by atoms with Crippen LogP contribution in [0.3, 0.4) is 0 Å². The quantitative estimate of drug-likeness (QED) is 0.312. The fraction of sp³-hybridized carbons (Fsp3) is 0.455. The number of nitrogens with zero attached hydrogens (tertiary/aromatic N) is 2.